The highest BCUT2D eigenvalue weighted by atomic mass is 16.5. The molecule has 10 heteroatoms. The van der Waals surface area contributed by atoms with Crippen LogP contribution < -0.4 is 9.64 Å². The summed E-state index contributed by atoms with van der Waals surface area (Å²) in [6, 6.07) is 12.0. The molecule has 37 heavy (non-hydrogen) atoms. The molecule has 1 aromatic carbocycles. The zero-order chi connectivity index (χ0) is 26.2. The quantitative estimate of drug-likeness (QED) is 0.453. The van der Waals surface area contributed by atoms with Gasteiger partial charge in [0.1, 0.15) is 17.6 Å². The molecule has 3 saturated heterocycles. The number of H-pyrrole nitrogens is 1. The fraction of sp³-hybridized carbons (Fsp3) is 0.481. The molecule has 0 spiro atoms. The number of anilines is 1. The predicted molar refractivity (Wildman–Crippen MR) is 140 cm³/mol. The number of rotatable bonds is 4. The molecule has 3 fully saturated rings. The summed E-state index contributed by atoms with van der Waals surface area (Å²) < 4.78 is 5.50. The number of benzene rings is 1. The third kappa shape index (κ3) is 5.85. The van der Waals surface area contributed by atoms with Gasteiger partial charge in [-0.05, 0) is 67.8 Å². The van der Waals surface area contributed by atoms with Gasteiger partial charge in [0.25, 0.3) is 12.9 Å². The number of carbonyl (C=O) groups is 2. The molecule has 0 unspecified atom stereocenters. The number of nitrogens with zero attached hydrogens (tertiary/aromatic N) is 4. The van der Waals surface area contributed by atoms with Crippen molar-refractivity contribution in [1.82, 2.24) is 19.9 Å². The first-order valence-electron chi connectivity index (χ1n) is 12.7. The van der Waals surface area contributed by atoms with Crippen molar-refractivity contribution < 1.29 is 24.5 Å². The summed E-state index contributed by atoms with van der Waals surface area (Å²) in [5.74, 6) is 3.41. The molecule has 0 saturated carbocycles. The van der Waals surface area contributed by atoms with E-state index in [1.54, 1.807) is 13.4 Å². The van der Waals surface area contributed by atoms with Crippen molar-refractivity contribution >= 4 is 29.8 Å². The van der Waals surface area contributed by atoms with Gasteiger partial charge in [0, 0.05) is 31.4 Å². The van der Waals surface area contributed by atoms with Crippen LogP contribution in [0.2, 0.25) is 0 Å². The Hall–Kier alpha value is -3.66. The van der Waals surface area contributed by atoms with Gasteiger partial charge in [-0.1, -0.05) is 18.6 Å². The third-order valence-corrected chi connectivity index (χ3v) is 7.83. The van der Waals surface area contributed by atoms with Crippen molar-refractivity contribution in [1.29, 1.82) is 0 Å². The number of aromatic amines is 1. The van der Waals surface area contributed by atoms with Crippen LogP contribution in [0.5, 0.6) is 5.75 Å². The molecule has 5 heterocycles. The van der Waals surface area contributed by atoms with Gasteiger partial charge >= 0.3 is 0 Å². The Morgan fingerprint density at radius 2 is 1.89 bits per heavy atom. The number of ether oxygens (including phenoxy) is 1. The predicted octanol–water partition coefficient (Wildman–Crippen LogP) is 3.29. The number of carboxylic acid groups (broad SMARTS) is 2. The number of nitrogens with one attached hydrogen (secondary N) is 1. The lowest BCUT2D eigenvalue weighted by atomic mass is 9.71. The summed E-state index contributed by atoms with van der Waals surface area (Å²) >= 11 is 0. The van der Waals surface area contributed by atoms with E-state index in [1.807, 2.05) is 18.3 Å². The second kappa shape index (κ2) is 12.5. The first-order valence-corrected chi connectivity index (χ1v) is 12.7. The van der Waals surface area contributed by atoms with E-state index in [2.05, 4.69) is 38.0 Å². The number of methoxy groups -OCH3 is 1. The van der Waals surface area contributed by atoms with E-state index < -0.39 is 0 Å². The van der Waals surface area contributed by atoms with E-state index in [1.165, 1.54) is 37.8 Å². The molecule has 4 atom stereocenters. The van der Waals surface area contributed by atoms with Crippen molar-refractivity contribution in [2.24, 2.45) is 11.8 Å². The average Bonchev–Trinajstić information content (AvgIpc) is 3.41. The molecule has 3 aliphatic heterocycles. The largest absolute Gasteiger partial charge is 0.497 e. The Labute approximate surface area is 216 Å². The molecule has 198 valence electrons. The van der Waals surface area contributed by atoms with E-state index in [-0.39, 0.29) is 12.9 Å². The molecule has 0 aliphatic carbocycles. The molecule has 10 nitrogen and oxygen atoms in total. The van der Waals surface area contributed by atoms with Crippen LogP contribution in [0.3, 0.4) is 0 Å². The molecule has 2 aromatic heterocycles. The SMILES string of the molecule is COc1cccc(C[C@H]2[C@H]3C[C@H](CN(c4ncnc5cc[nH]c45)C3)[C@@H]3CCCCN32)c1.O=CO.O=CO. The van der Waals surface area contributed by atoms with E-state index in [9.17, 15) is 0 Å². The number of fused-ring (bicyclic) bond motifs is 5. The number of piperidine rings is 3. The fourth-order valence-electron chi connectivity index (χ4n) is 6.50. The second-order valence-corrected chi connectivity index (χ2v) is 9.73. The van der Waals surface area contributed by atoms with Crippen LogP contribution in [-0.4, -0.2) is 81.8 Å². The molecule has 3 N–H and O–H groups in total. The second-order valence-electron chi connectivity index (χ2n) is 9.73. The minimum absolute atomic E-state index is 0.250. The zero-order valence-electron chi connectivity index (χ0n) is 21.1. The zero-order valence-corrected chi connectivity index (χ0v) is 21.1. The standard InChI is InChI=1S/C25H31N5O.2CH2O2/c1-31-20-6-4-5-17(11-20)12-23-19-13-18(22-7-2-3-10-30(22)23)14-29(15-19)25-24-21(8-9-26-24)27-16-28-25;2*2-1-3/h4-6,8-9,11,16,18-19,22-23,26H,2-3,7,10,12-15H2,1H3;2*1H,(H,2,3)/t18-,19+,22+,23+;;/m1../s1. The number of aromatic nitrogens is 3. The normalized spacial score (nSPS) is 24.5. The van der Waals surface area contributed by atoms with Crippen molar-refractivity contribution in [3.8, 4) is 5.75 Å². The third-order valence-electron chi connectivity index (χ3n) is 7.83. The van der Waals surface area contributed by atoms with E-state index in [0.717, 1.165) is 48.0 Å². The maximum atomic E-state index is 8.36. The summed E-state index contributed by atoms with van der Waals surface area (Å²) in [5.41, 5.74) is 3.47. The van der Waals surface area contributed by atoms with Gasteiger partial charge in [-0.25, -0.2) is 9.97 Å². The molecular formula is C27H35N5O5. The summed E-state index contributed by atoms with van der Waals surface area (Å²) in [7, 11) is 1.76. The van der Waals surface area contributed by atoms with Gasteiger partial charge in [0.2, 0.25) is 0 Å². The minimum atomic E-state index is -0.250. The Bertz CT molecular complexity index is 1160. The van der Waals surface area contributed by atoms with E-state index >= 15 is 0 Å². The highest BCUT2D eigenvalue weighted by molar-refractivity contribution is 5.85. The molecular weight excluding hydrogens is 474 g/mol. The Balaban J connectivity index is 0.000000489. The Morgan fingerprint density at radius 1 is 1.11 bits per heavy atom. The molecule has 6 rings (SSSR count). The summed E-state index contributed by atoms with van der Waals surface area (Å²) in [6.07, 6.45) is 10.2. The topological polar surface area (TPSA) is 132 Å². The Morgan fingerprint density at radius 3 is 2.68 bits per heavy atom. The van der Waals surface area contributed by atoms with Crippen LogP contribution >= 0.6 is 0 Å². The van der Waals surface area contributed by atoms with Gasteiger partial charge in [-0.15, -0.1) is 0 Å². The molecule has 3 aliphatic rings. The van der Waals surface area contributed by atoms with Crippen LogP contribution in [0, 0.1) is 11.8 Å². The smallest absolute Gasteiger partial charge is 0.290 e. The highest BCUT2D eigenvalue weighted by Gasteiger charge is 2.47. The Kier molecular flexibility index (Phi) is 8.95. The lowest BCUT2D eigenvalue weighted by Gasteiger charge is -2.57. The molecule has 0 radical (unpaired) electrons. The molecule has 3 aromatic rings. The average molecular weight is 510 g/mol. The molecule has 2 bridgehead atoms. The monoisotopic (exact) mass is 509 g/mol. The summed E-state index contributed by atoms with van der Waals surface area (Å²) in [6.45, 7) is 2.93. The first kappa shape index (κ1) is 26.4. The maximum absolute atomic E-state index is 8.36. The van der Waals surface area contributed by atoms with Gasteiger partial charge in [0.05, 0.1) is 12.6 Å². The van der Waals surface area contributed by atoms with Crippen LogP contribution in [0.15, 0.2) is 42.9 Å². The first-order chi connectivity index (χ1) is 18.1. The summed E-state index contributed by atoms with van der Waals surface area (Å²) in [4.78, 5) is 34.7. The summed E-state index contributed by atoms with van der Waals surface area (Å²) in [5, 5.41) is 13.8. The lowest BCUT2D eigenvalue weighted by molar-refractivity contribution is -0.123. The van der Waals surface area contributed by atoms with Crippen LogP contribution in [-0.2, 0) is 16.0 Å². The van der Waals surface area contributed by atoms with Crippen molar-refractivity contribution in [2.75, 3.05) is 31.6 Å². The van der Waals surface area contributed by atoms with Crippen LogP contribution in [0.4, 0.5) is 5.82 Å². The van der Waals surface area contributed by atoms with E-state index in [0.29, 0.717) is 18.0 Å². The van der Waals surface area contributed by atoms with Gasteiger partial charge in [0.15, 0.2) is 5.82 Å². The maximum Gasteiger partial charge on any atom is 0.290 e. The highest BCUT2D eigenvalue weighted by Crippen LogP contribution is 2.43. The van der Waals surface area contributed by atoms with E-state index in [4.69, 9.17) is 29.5 Å². The van der Waals surface area contributed by atoms with Crippen molar-refractivity contribution in [2.45, 2.75) is 44.2 Å². The van der Waals surface area contributed by atoms with Crippen molar-refractivity contribution in [3.05, 3.63) is 48.4 Å². The fourth-order valence-corrected chi connectivity index (χ4v) is 6.50. The van der Waals surface area contributed by atoms with Gasteiger partial charge in [-0.3, -0.25) is 14.5 Å². The number of hydrogen-bond acceptors (Lipinski definition) is 7. The van der Waals surface area contributed by atoms with Crippen LogP contribution in [0.1, 0.15) is 31.2 Å². The minimum Gasteiger partial charge on any atom is -0.497 e. The van der Waals surface area contributed by atoms with Gasteiger partial charge in [-0.2, -0.15) is 0 Å². The lowest BCUT2D eigenvalue weighted by Crippen LogP contribution is -2.64. The van der Waals surface area contributed by atoms with Crippen LogP contribution in [0.25, 0.3) is 11.0 Å². The molecule has 0 amide bonds. The van der Waals surface area contributed by atoms with Crippen molar-refractivity contribution in [3.63, 3.8) is 0 Å². The number of hydrogen-bond donors (Lipinski definition) is 3. The van der Waals surface area contributed by atoms with Gasteiger partial charge < -0.3 is 24.8 Å².